The predicted molar refractivity (Wildman–Crippen MR) is 402 cm³/mol. The maximum absolute atomic E-state index is 13.2. The number of nitrogens with one attached hydrogen (secondary N) is 2. The fourth-order valence-electron chi connectivity index (χ4n) is 11.6. The molecule has 0 saturated carbocycles. The molecule has 0 spiro atoms. The van der Waals surface area contributed by atoms with Gasteiger partial charge in [0.05, 0.1) is 109 Å². The first kappa shape index (κ1) is 94.0. The van der Waals surface area contributed by atoms with Crippen molar-refractivity contribution in [2.45, 2.75) is 225 Å². The molecule has 6 heterocycles. The third-order valence-electron chi connectivity index (χ3n) is 18.0. The summed E-state index contributed by atoms with van der Waals surface area (Å²) in [7, 11) is -16.1. The summed E-state index contributed by atoms with van der Waals surface area (Å²) in [5.41, 5.74) is -6.62. The molecule has 0 amide bonds. The number of carbonyl (C=O) groups excluding carboxylic acids is 1. The van der Waals surface area contributed by atoms with E-state index in [1.165, 1.54) is 67.6 Å². The second kappa shape index (κ2) is 37.4. The molecule has 3 saturated heterocycles. The van der Waals surface area contributed by atoms with Crippen LogP contribution in [-0.2, 0) is 78.2 Å². The van der Waals surface area contributed by atoms with Crippen molar-refractivity contribution in [3.8, 4) is 11.5 Å². The highest BCUT2D eigenvalue weighted by Crippen LogP contribution is 2.66. The van der Waals surface area contributed by atoms with E-state index < -0.39 is 173 Å². The summed E-state index contributed by atoms with van der Waals surface area (Å²) in [6.07, 6.45) is -5.92. The number of aromatic nitrogens is 6. The van der Waals surface area contributed by atoms with Crippen LogP contribution in [0.1, 0.15) is 174 Å². The molecule has 41 nitrogen and oxygen atoms in total. The van der Waals surface area contributed by atoms with Gasteiger partial charge in [0.15, 0.2) is 8.32 Å². The Balaban J connectivity index is 0.000000268. The monoisotopic (exact) mass is 1730 g/mol. The van der Waals surface area contributed by atoms with Crippen molar-refractivity contribution in [3.63, 3.8) is 0 Å². The minimum absolute atomic E-state index is 0.0350. The molecule has 0 aliphatic carbocycles. The summed E-state index contributed by atoms with van der Waals surface area (Å²) < 4.78 is 102. The topological polar surface area (TPSA) is 561 Å². The summed E-state index contributed by atoms with van der Waals surface area (Å²) in [4.78, 5) is 151. The Labute approximate surface area is 650 Å². The lowest BCUT2D eigenvalue weighted by atomic mass is 9.83. The Hall–Kier alpha value is -6.90. The minimum Gasteiger partial charge on any atom is -0.497 e. The van der Waals surface area contributed by atoms with Crippen molar-refractivity contribution in [2.24, 2.45) is 10.8 Å². The number of phosphoric ester groups is 1. The molecule has 0 radical (unpaired) electrons. The number of alkyl halides is 1. The quantitative estimate of drug-likeness (QED) is 0.00792. The molecule has 2 aromatic carbocycles. The van der Waals surface area contributed by atoms with Gasteiger partial charge in [0.2, 0.25) is 0 Å². The average molecular weight is 1730 g/mol. The van der Waals surface area contributed by atoms with Gasteiger partial charge in [0.25, 0.3) is 28.1 Å². The molecule has 5 aromatic rings. The first-order valence-electron chi connectivity index (χ1n) is 34.6. The van der Waals surface area contributed by atoms with Crippen LogP contribution in [0.5, 0.6) is 11.5 Å². The molecule has 13 atom stereocenters. The number of aromatic amines is 2. The Bertz CT molecular complexity index is 4730. The van der Waals surface area contributed by atoms with Crippen LogP contribution in [0.4, 0.5) is 16.2 Å². The maximum atomic E-state index is 13.2. The molecule has 2 unspecified atom stereocenters. The Morgan fingerprint density at radius 3 is 1.46 bits per heavy atom. The van der Waals surface area contributed by atoms with Crippen molar-refractivity contribution >= 4 is 65.2 Å². The second-order valence-electron chi connectivity index (χ2n) is 30.8. The standard InChI is InChI=1S/C22H37BrN2O6Si.C22H32N3O18P3.C22H29N3O9/c1-10-15-16(31-32(8,9)22(5,6)7)11-17(29-15)24-13-14(12-23)18(26)25(19(24)27)20(28)30-21(2,3)4;1-22(2,3)19(14-7-13(38-4)5-6-15(14)25(29)30)39-10-12-9-24(21(28)23-20(12)27)18-8-16(26)17(41-18)11-40-45(34,35)43-46(36,37)42-44(31,32)33;1-22(2,3)19(14-7-13(32-4)5-6-15(14)25(30)31)33-11-12-9-24(21(29)23-20(12)28)18-8-16(27)17(10-26)34-18/h13,15-17H,10-12H2,1-9H3;5-7,9,16-19,26H,8,10-11H2,1-4H3,(H,34,35)(H,36,37)(H,23,27,28)(H2,31,32,33);5-7,9,16-19,26-27H,8,10-11H2,1-4H3,(H,23,28,29)/t15-,16-,17-;2*16-,17-,18-,19-/m111/s1. The number of ether oxygens (including phenoxy) is 8. The zero-order chi connectivity index (χ0) is 84.7. The van der Waals surface area contributed by atoms with E-state index >= 15 is 0 Å². The Kier molecular flexibility index (Phi) is 31.3. The highest BCUT2D eigenvalue weighted by molar-refractivity contribution is 9.08. The summed E-state index contributed by atoms with van der Waals surface area (Å²) in [5.74, 6) is 0.740. The van der Waals surface area contributed by atoms with Gasteiger partial charge < -0.3 is 77.2 Å². The van der Waals surface area contributed by atoms with Crippen LogP contribution in [0.15, 0.2) is 83.8 Å². The van der Waals surface area contributed by atoms with Gasteiger partial charge in [-0.05, 0) is 80.4 Å². The number of carbonyl (C=O) groups is 1. The lowest BCUT2D eigenvalue weighted by Crippen LogP contribution is -2.47. The number of nitro groups is 2. The highest BCUT2D eigenvalue weighted by atomic mass is 79.9. The lowest BCUT2D eigenvalue weighted by Gasteiger charge is -2.39. The summed E-state index contributed by atoms with van der Waals surface area (Å²) >= 11 is 3.28. The van der Waals surface area contributed by atoms with Crippen LogP contribution in [0.2, 0.25) is 18.1 Å². The van der Waals surface area contributed by atoms with E-state index in [2.05, 4.69) is 72.9 Å². The number of phosphoric acid groups is 3. The van der Waals surface area contributed by atoms with Gasteiger partial charge in [-0.2, -0.15) is 13.2 Å². The second-order valence-corrected chi connectivity index (χ2v) is 40.6. The Morgan fingerprint density at radius 2 is 1.08 bits per heavy atom. The van der Waals surface area contributed by atoms with Crippen molar-refractivity contribution in [2.75, 3.05) is 27.4 Å². The van der Waals surface area contributed by atoms with E-state index in [1.807, 2.05) is 27.7 Å². The fraction of sp³-hybridized carbons (Fsp3) is 0.621. The number of H-pyrrole nitrogens is 2. The number of methoxy groups -OCH3 is 2. The van der Waals surface area contributed by atoms with Crippen LogP contribution in [0, 0.1) is 31.1 Å². The largest absolute Gasteiger partial charge is 0.497 e. The molecule has 8 rings (SSSR count). The molecule has 626 valence electrons. The first-order valence-corrected chi connectivity index (χ1v) is 43.2. The van der Waals surface area contributed by atoms with Crippen LogP contribution < -0.4 is 43.2 Å². The summed E-state index contributed by atoms with van der Waals surface area (Å²) in [6.45, 7) is 26.6. The lowest BCUT2D eigenvalue weighted by molar-refractivity contribution is -0.386. The Morgan fingerprint density at radius 1 is 0.652 bits per heavy atom. The third-order valence-corrected chi connectivity index (χ3v) is 26.9. The van der Waals surface area contributed by atoms with Gasteiger partial charge in [-0.15, -0.1) is 0 Å². The molecule has 46 heteroatoms. The van der Waals surface area contributed by atoms with Crippen molar-refractivity contribution in [1.82, 2.24) is 28.2 Å². The number of hydrogen-bond acceptors (Lipinski definition) is 29. The number of hydrogen-bond donors (Lipinski definition) is 9. The number of benzene rings is 2. The fourth-order valence-corrected chi connectivity index (χ4v) is 16.4. The van der Waals surface area contributed by atoms with E-state index in [4.69, 9.17) is 52.1 Å². The first-order chi connectivity index (χ1) is 51.5. The normalized spacial score (nSPS) is 22.0. The molecule has 0 bridgehead atoms. The summed E-state index contributed by atoms with van der Waals surface area (Å²) in [5, 5.41) is 53.3. The van der Waals surface area contributed by atoms with Gasteiger partial charge in [0, 0.05) is 60.9 Å². The van der Waals surface area contributed by atoms with Crippen molar-refractivity contribution in [3.05, 3.63) is 166 Å². The van der Waals surface area contributed by atoms with Gasteiger partial charge in [-0.1, -0.05) is 85.2 Å². The number of nitrogens with zero attached hydrogens (tertiary/aromatic N) is 6. The molecule has 9 N–H and O–H groups in total. The number of aliphatic hydroxyl groups excluding tert-OH is 3. The van der Waals surface area contributed by atoms with Gasteiger partial charge in [-0.25, -0.2) is 32.9 Å². The number of aliphatic hydroxyl groups is 3. The van der Waals surface area contributed by atoms with E-state index in [0.717, 1.165) is 21.8 Å². The van der Waals surface area contributed by atoms with Gasteiger partial charge in [-0.3, -0.25) is 62.8 Å². The third kappa shape index (κ3) is 24.8. The van der Waals surface area contributed by atoms with Crippen LogP contribution >= 0.6 is 39.4 Å². The zero-order valence-corrected chi connectivity index (χ0v) is 69.8. The molecule has 3 fully saturated rings. The smallest absolute Gasteiger partial charge is 0.490 e. The molecule has 3 aliphatic heterocycles. The predicted octanol–water partition coefficient (Wildman–Crippen LogP) is 7.92. The maximum Gasteiger partial charge on any atom is 0.490 e. The van der Waals surface area contributed by atoms with Crippen LogP contribution in [0.25, 0.3) is 0 Å². The van der Waals surface area contributed by atoms with Crippen molar-refractivity contribution in [1.29, 1.82) is 0 Å². The molecule has 3 aliphatic rings. The molecular formula is C66H98BrN8O33P3Si. The van der Waals surface area contributed by atoms with Crippen LogP contribution in [0.3, 0.4) is 0 Å². The van der Waals surface area contributed by atoms with Gasteiger partial charge >= 0.3 is 46.6 Å². The number of nitro benzene ring substituents is 2. The van der Waals surface area contributed by atoms with E-state index in [-0.39, 0.29) is 81.2 Å². The highest BCUT2D eigenvalue weighted by Gasteiger charge is 2.47. The molecule has 3 aromatic heterocycles. The zero-order valence-electron chi connectivity index (χ0n) is 64.6. The number of rotatable bonds is 27. The van der Waals surface area contributed by atoms with E-state index in [9.17, 15) is 92.6 Å². The van der Waals surface area contributed by atoms with Crippen molar-refractivity contribution < 1.29 is 119 Å². The molecule has 112 heavy (non-hydrogen) atoms. The van der Waals surface area contributed by atoms with Gasteiger partial charge in [0.1, 0.15) is 48.0 Å². The average Bonchev–Trinajstić information content (AvgIpc) is 1.57. The van der Waals surface area contributed by atoms with Crippen LogP contribution in [-0.4, -0.2) is 157 Å². The summed E-state index contributed by atoms with van der Waals surface area (Å²) in [6, 6.07) is 8.46. The number of halogens is 1. The van der Waals surface area contributed by atoms with E-state index in [1.54, 1.807) is 41.5 Å². The molecular weight excluding hydrogens is 1630 g/mol. The minimum atomic E-state index is -5.78. The SMILES string of the molecule is CC[C@H]1O[C@@H](n2cc(CBr)c(=O)n(C(=O)OC(C)(C)C)c2=O)C[C@H]1O[Si](C)(C)C(C)(C)C.COc1ccc([N+](=O)[O-])c([C@@H](OCc2cn([C@H]3C[C@@H](O)[C@@H](CO)O3)c(=O)[nH]c2=O)C(C)(C)C)c1.COc1ccc([N+](=O)[O-])c([C@@H](OCc2cn([C@H]3C[C@@H](O)[C@@H](COP(=O)(O)OP(=O)(O)OP(=O)(O)O)O3)c(=O)[nH]c2=O)C(C)(C)C)c1. The van der Waals surface area contributed by atoms with E-state index in [0.29, 0.717) is 22.5 Å².